The van der Waals surface area contributed by atoms with Crippen LogP contribution in [0.5, 0.6) is 0 Å². The Labute approximate surface area is 188 Å². The van der Waals surface area contributed by atoms with Crippen molar-refractivity contribution in [3.8, 4) is 11.4 Å². The van der Waals surface area contributed by atoms with Crippen LogP contribution in [0.3, 0.4) is 0 Å². The van der Waals surface area contributed by atoms with Crippen LogP contribution in [-0.2, 0) is 6.42 Å². The first-order chi connectivity index (χ1) is 15.5. The van der Waals surface area contributed by atoms with Crippen molar-refractivity contribution in [3.63, 3.8) is 0 Å². The maximum Gasteiger partial charge on any atom is 0.270 e. The molecule has 2 aromatic carbocycles. The van der Waals surface area contributed by atoms with Crippen molar-refractivity contribution < 1.29 is 14.2 Å². The Bertz CT molecular complexity index is 1210. The molecule has 0 aliphatic rings. The molecule has 0 bridgehead atoms. The fourth-order valence-corrected chi connectivity index (χ4v) is 4.05. The topological polar surface area (TPSA) is 102 Å². The van der Waals surface area contributed by atoms with Crippen LogP contribution in [0.4, 0.5) is 5.69 Å². The molecule has 1 atom stereocenters. The zero-order chi connectivity index (χ0) is 22.5. The molecule has 162 valence electrons. The second-order valence-corrected chi connectivity index (χ2v) is 8.08. The van der Waals surface area contributed by atoms with Gasteiger partial charge in [-0.05, 0) is 23.9 Å². The van der Waals surface area contributed by atoms with Gasteiger partial charge in [0.15, 0.2) is 0 Å². The van der Waals surface area contributed by atoms with Crippen LogP contribution in [0.15, 0.2) is 76.6 Å². The normalized spacial score (nSPS) is 11.8. The summed E-state index contributed by atoms with van der Waals surface area (Å²) < 4.78 is 5.36. The fourth-order valence-electron chi connectivity index (χ4n) is 3.37. The van der Waals surface area contributed by atoms with Gasteiger partial charge in [-0.2, -0.15) is 4.98 Å². The van der Waals surface area contributed by atoms with Gasteiger partial charge in [-0.25, -0.2) is 0 Å². The van der Waals surface area contributed by atoms with Crippen LogP contribution in [0.25, 0.3) is 11.4 Å². The van der Waals surface area contributed by atoms with E-state index in [1.807, 2.05) is 54.8 Å². The summed E-state index contributed by atoms with van der Waals surface area (Å²) >= 11 is 1.40. The van der Waals surface area contributed by atoms with E-state index in [1.165, 1.54) is 23.5 Å². The Morgan fingerprint density at radius 2 is 1.97 bits per heavy atom. The van der Waals surface area contributed by atoms with Gasteiger partial charge in [-0.3, -0.25) is 14.9 Å². The highest BCUT2D eigenvalue weighted by Crippen LogP contribution is 2.25. The Balaban J connectivity index is 1.53. The third kappa shape index (κ3) is 4.73. The highest BCUT2D eigenvalue weighted by atomic mass is 32.1. The summed E-state index contributed by atoms with van der Waals surface area (Å²) in [6, 6.07) is 19.4. The molecule has 2 aromatic heterocycles. The van der Waals surface area contributed by atoms with Crippen molar-refractivity contribution in [2.75, 3.05) is 6.54 Å². The van der Waals surface area contributed by atoms with Crippen LogP contribution >= 0.6 is 11.3 Å². The molecule has 0 saturated heterocycles. The lowest BCUT2D eigenvalue weighted by molar-refractivity contribution is -0.384. The zero-order valence-corrected chi connectivity index (χ0v) is 18.1. The molecule has 32 heavy (non-hydrogen) atoms. The molecular formula is C23H20N4O4S. The summed E-state index contributed by atoms with van der Waals surface area (Å²) in [5.74, 6) is 0.571. The van der Waals surface area contributed by atoms with Gasteiger partial charge in [0.2, 0.25) is 11.7 Å². The van der Waals surface area contributed by atoms with E-state index in [9.17, 15) is 14.9 Å². The summed E-state index contributed by atoms with van der Waals surface area (Å²) in [6.45, 7) is 2.37. The number of carbonyl (C=O) groups excluding carboxylic acids is 1. The molecule has 0 unspecified atom stereocenters. The molecule has 9 heteroatoms. The maximum atomic E-state index is 13.2. The predicted octanol–water partition coefficient (Wildman–Crippen LogP) is 5.15. The minimum atomic E-state index is -0.469. The van der Waals surface area contributed by atoms with Crippen LogP contribution in [0.1, 0.15) is 34.1 Å². The molecule has 0 spiro atoms. The Morgan fingerprint density at radius 1 is 1.16 bits per heavy atom. The summed E-state index contributed by atoms with van der Waals surface area (Å²) in [5, 5.41) is 16.8. The molecule has 1 amide bonds. The van der Waals surface area contributed by atoms with E-state index >= 15 is 0 Å². The largest absolute Gasteiger partial charge is 0.339 e. The molecular weight excluding hydrogens is 428 g/mol. The number of nitrogens with zero attached hydrogens (tertiary/aromatic N) is 4. The zero-order valence-electron chi connectivity index (χ0n) is 17.2. The van der Waals surface area contributed by atoms with E-state index < -0.39 is 4.92 Å². The van der Waals surface area contributed by atoms with E-state index in [-0.39, 0.29) is 23.5 Å². The number of nitro benzene ring substituents is 1. The highest BCUT2D eigenvalue weighted by Gasteiger charge is 2.24. The van der Waals surface area contributed by atoms with E-state index in [4.69, 9.17) is 4.52 Å². The number of hydrogen-bond donors (Lipinski definition) is 0. The van der Waals surface area contributed by atoms with Crippen molar-refractivity contribution in [1.29, 1.82) is 0 Å². The quantitative estimate of drug-likeness (QED) is 0.273. The second kappa shape index (κ2) is 9.52. The maximum absolute atomic E-state index is 13.2. The fraction of sp³-hybridized carbons (Fsp3) is 0.174. The second-order valence-electron chi connectivity index (χ2n) is 7.13. The third-order valence-electron chi connectivity index (χ3n) is 5.09. The number of non-ortho nitro benzene ring substituents is 1. The smallest absolute Gasteiger partial charge is 0.270 e. The van der Waals surface area contributed by atoms with Crippen molar-refractivity contribution in [1.82, 2.24) is 15.0 Å². The van der Waals surface area contributed by atoms with E-state index in [0.29, 0.717) is 29.3 Å². The molecule has 2 heterocycles. The average Bonchev–Trinajstić information content (AvgIpc) is 3.52. The Kier molecular flexibility index (Phi) is 6.37. The summed E-state index contributed by atoms with van der Waals surface area (Å²) in [6.07, 6.45) is 0.357. The number of nitro groups is 1. The monoisotopic (exact) mass is 448 g/mol. The van der Waals surface area contributed by atoms with Gasteiger partial charge < -0.3 is 9.42 Å². The van der Waals surface area contributed by atoms with Gasteiger partial charge >= 0.3 is 0 Å². The number of amides is 1. The van der Waals surface area contributed by atoms with Crippen molar-refractivity contribution in [3.05, 3.63) is 98.6 Å². The Morgan fingerprint density at radius 3 is 2.69 bits per heavy atom. The summed E-state index contributed by atoms with van der Waals surface area (Å²) in [7, 11) is 0. The van der Waals surface area contributed by atoms with Gasteiger partial charge in [0, 0.05) is 30.7 Å². The first-order valence-corrected chi connectivity index (χ1v) is 10.9. The number of carbonyl (C=O) groups is 1. The SMILES string of the molecule is C[C@H](c1ccccc1)N(CCc1nc(-c2cccc([N+](=O)[O-])c2)no1)C(=O)c1cccs1. The number of benzene rings is 2. The van der Waals surface area contributed by atoms with Crippen molar-refractivity contribution >= 4 is 22.9 Å². The van der Waals surface area contributed by atoms with Crippen LogP contribution in [0.2, 0.25) is 0 Å². The third-order valence-corrected chi connectivity index (χ3v) is 5.95. The van der Waals surface area contributed by atoms with Gasteiger partial charge in [-0.1, -0.05) is 53.7 Å². The highest BCUT2D eigenvalue weighted by molar-refractivity contribution is 7.12. The molecule has 0 N–H and O–H groups in total. The van der Waals surface area contributed by atoms with Gasteiger partial charge in [-0.15, -0.1) is 11.3 Å². The van der Waals surface area contributed by atoms with Crippen LogP contribution in [-0.4, -0.2) is 32.4 Å². The molecule has 0 aliphatic carbocycles. The number of hydrogen-bond acceptors (Lipinski definition) is 7. The summed E-state index contributed by atoms with van der Waals surface area (Å²) in [4.78, 5) is 30.5. The lowest BCUT2D eigenvalue weighted by atomic mass is 10.1. The molecule has 0 aliphatic heterocycles. The standard InChI is InChI=1S/C23H20N4O4S/c1-16(17-7-3-2-4-8-17)26(23(28)20-11-6-14-32-20)13-12-21-24-22(25-31-21)18-9-5-10-19(15-18)27(29)30/h2-11,14-16H,12-13H2,1H3/t16-/m1/s1. The first-order valence-electron chi connectivity index (χ1n) is 10.00. The van der Waals surface area contributed by atoms with Crippen LogP contribution in [0, 0.1) is 10.1 Å². The average molecular weight is 449 g/mol. The molecule has 4 rings (SSSR count). The van der Waals surface area contributed by atoms with Gasteiger partial charge in [0.1, 0.15) is 0 Å². The van der Waals surface area contributed by atoms with E-state index in [1.54, 1.807) is 17.0 Å². The van der Waals surface area contributed by atoms with Crippen LogP contribution < -0.4 is 0 Å². The van der Waals surface area contributed by atoms with Gasteiger partial charge in [0.25, 0.3) is 11.6 Å². The lowest BCUT2D eigenvalue weighted by Crippen LogP contribution is -2.35. The minimum Gasteiger partial charge on any atom is -0.339 e. The van der Waals surface area contributed by atoms with E-state index in [0.717, 1.165) is 5.56 Å². The molecule has 0 fully saturated rings. The predicted molar refractivity (Wildman–Crippen MR) is 120 cm³/mol. The molecule has 0 saturated carbocycles. The van der Waals surface area contributed by atoms with E-state index in [2.05, 4.69) is 10.1 Å². The van der Waals surface area contributed by atoms with Crippen molar-refractivity contribution in [2.24, 2.45) is 0 Å². The van der Waals surface area contributed by atoms with Crippen molar-refractivity contribution in [2.45, 2.75) is 19.4 Å². The molecule has 8 nitrogen and oxygen atoms in total. The summed E-state index contributed by atoms with van der Waals surface area (Å²) in [5.41, 5.74) is 1.48. The number of rotatable bonds is 8. The van der Waals surface area contributed by atoms with Gasteiger partial charge in [0.05, 0.1) is 15.8 Å². The number of aromatic nitrogens is 2. The lowest BCUT2D eigenvalue weighted by Gasteiger charge is -2.29. The number of thiophene rings is 1. The first kappa shape index (κ1) is 21.4. The molecule has 4 aromatic rings. The molecule has 0 radical (unpaired) electrons. The minimum absolute atomic E-state index is 0.0433. The Hall–Kier alpha value is -3.85.